The highest BCUT2D eigenvalue weighted by molar-refractivity contribution is 6.33. The van der Waals surface area contributed by atoms with Crippen LogP contribution >= 0.6 is 11.6 Å². The van der Waals surface area contributed by atoms with Crippen LogP contribution in [0.1, 0.15) is 6.42 Å². The van der Waals surface area contributed by atoms with Crippen molar-refractivity contribution in [1.29, 1.82) is 0 Å². The molecule has 2 amide bonds. The molecular weight excluding hydrogens is 366 g/mol. The number of rotatable bonds is 3. The van der Waals surface area contributed by atoms with Crippen LogP contribution in [0.2, 0.25) is 5.02 Å². The van der Waals surface area contributed by atoms with Gasteiger partial charge in [0, 0.05) is 22.6 Å². The number of hydrogen-bond acceptors (Lipinski definition) is 2. The highest BCUT2D eigenvalue weighted by Crippen LogP contribution is 2.33. The maximum Gasteiger partial charge on any atom is 0.408 e. The number of alkyl halides is 1. The van der Waals surface area contributed by atoms with Gasteiger partial charge in [0.05, 0.1) is 12.2 Å². The Balaban J connectivity index is 1.87. The summed E-state index contributed by atoms with van der Waals surface area (Å²) in [6.45, 7) is -0.379. The Labute approximate surface area is 153 Å². The summed E-state index contributed by atoms with van der Waals surface area (Å²) < 4.78 is 28.4. The lowest BCUT2D eigenvalue weighted by molar-refractivity contribution is -0.120. The van der Waals surface area contributed by atoms with Gasteiger partial charge < -0.3 is 10.4 Å². The summed E-state index contributed by atoms with van der Waals surface area (Å²) in [5.41, 5.74) is 0.526. The number of carbonyl (C=O) groups is 2. The quantitative estimate of drug-likeness (QED) is 0.839. The van der Waals surface area contributed by atoms with Crippen molar-refractivity contribution >= 4 is 29.3 Å². The molecule has 1 aliphatic rings. The van der Waals surface area contributed by atoms with Crippen molar-refractivity contribution in [3.8, 4) is 11.1 Å². The second kappa shape index (κ2) is 7.29. The van der Waals surface area contributed by atoms with Gasteiger partial charge in [0.15, 0.2) is 5.82 Å². The smallest absolute Gasteiger partial charge is 0.408 e. The maximum atomic E-state index is 14.8. The van der Waals surface area contributed by atoms with Gasteiger partial charge in [0.1, 0.15) is 12.2 Å². The van der Waals surface area contributed by atoms with E-state index in [0.29, 0.717) is 10.6 Å². The average molecular weight is 381 g/mol. The number of hydrogen-bond donors (Lipinski definition) is 2. The van der Waals surface area contributed by atoms with Crippen molar-refractivity contribution in [2.45, 2.75) is 18.6 Å². The Kier molecular flexibility index (Phi) is 5.08. The van der Waals surface area contributed by atoms with E-state index in [2.05, 4.69) is 5.32 Å². The third kappa shape index (κ3) is 3.48. The normalized spacial score (nSPS) is 19.4. The van der Waals surface area contributed by atoms with E-state index in [9.17, 15) is 18.4 Å². The number of nitrogens with zero attached hydrogens (tertiary/aromatic N) is 1. The van der Waals surface area contributed by atoms with Gasteiger partial charge in [-0.05, 0) is 12.1 Å². The van der Waals surface area contributed by atoms with Crippen LogP contribution in [0, 0.1) is 5.82 Å². The number of halogens is 3. The molecule has 5 nitrogen and oxygen atoms in total. The fourth-order valence-corrected chi connectivity index (χ4v) is 3.21. The van der Waals surface area contributed by atoms with Gasteiger partial charge in [-0.2, -0.15) is 0 Å². The Morgan fingerprint density at radius 1 is 1.15 bits per heavy atom. The summed E-state index contributed by atoms with van der Waals surface area (Å²) in [5.74, 6) is -1.48. The van der Waals surface area contributed by atoms with Crippen LogP contribution in [0.5, 0.6) is 0 Å². The van der Waals surface area contributed by atoms with Crippen molar-refractivity contribution in [2.24, 2.45) is 0 Å². The molecule has 0 radical (unpaired) electrons. The first-order valence-corrected chi connectivity index (χ1v) is 8.24. The summed E-state index contributed by atoms with van der Waals surface area (Å²) in [6.07, 6.45) is -3.08. The zero-order valence-electron chi connectivity index (χ0n) is 13.5. The Morgan fingerprint density at radius 2 is 1.85 bits per heavy atom. The van der Waals surface area contributed by atoms with Gasteiger partial charge in [-0.25, -0.2) is 13.6 Å². The monoisotopic (exact) mass is 380 g/mol. The minimum atomic E-state index is -1.43. The molecule has 2 aromatic rings. The first-order chi connectivity index (χ1) is 12.4. The summed E-state index contributed by atoms with van der Waals surface area (Å²) in [7, 11) is 0. The summed E-state index contributed by atoms with van der Waals surface area (Å²) in [6, 6.07) is 9.88. The van der Waals surface area contributed by atoms with Crippen molar-refractivity contribution < 1.29 is 23.5 Å². The molecule has 2 atom stereocenters. The van der Waals surface area contributed by atoms with Gasteiger partial charge in [-0.1, -0.05) is 41.9 Å². The van der Waals surface area contributed by atoms with Gasteiger partial charge in [0.25, 0.3) is 0 Å². The molecule has 2 aromatic carbocycles. The van der Waals surface area contributed by atoms with Crippen molar-refractivity contribution in [3.63, 3.8) is 0 Å². The number of carboxylic acid groups (broad SMARTS) is 1. The molecule has 2 N–H and O–H groups in total. The molecule has 3 rings (SSSR count). The molecule has 0 aromatic heterocycles. The van der Waals surface area contributed by atoms with E-state index in [1.54, 1.807) is 30.3 Å². The number of likely N-dealkylation sites (tertiary alicyclic amines) is 1. The molecule has 1 heterocycles. The van der Waals surface area contributed by atoms with E-state index in [0.717, 1.165) is 4.90 Å². The fraction of sp³-hybridized carbons (Fsp3) is 0.222. The lowest BCUT2D eigenvalue weighted by atomic mass is 10.0. The third-order valence-electron chi connectivity index (χ3n) is 4.22. The average Bonchev–Trinajstić information content (AvgIpc) is 3.00. The SMILES string of the molecule is O=C(Nc1cccc(-c2ccccc2Cl)c1F)C1C[C@@H](F)CN1C(=O)O. The Hall–Kier alpha value is -2.67. The lowest BCUT2D eigenvalue weighted by Gasteiger charge is -2.20. The van der Waals surface area contributed by atoms with Crippen LogP contribution in [0.25, 0.3) is 11.1 Å². The van der Waals surface area contributed by atoms with Crippen LogP contribution in [0.4, 0.5) is 19.3 Å². The predicted octanol–water partition coefficient (Wildman–Crippen LogP) is 4.18. The third-order valence-corrected chi connectivity index (χ3v) is 4.55. The Bertz CT molecular complexity index is 862. The van der Waals surface area contributed by atoms with E-state index >= 15 is 0 Å². The molecule has 0 bridgehead atoms. The topological polar surface area (TPSA) is 69.6 Å². The zero-order chi connectivity index (χ0) is 18.8. The maximum absolute atomic E-state index is 14.8. The van der Waals surface area contributed by atoms with Crippen LogP contribution in [-0.2, 0) is 4.79 Å². The second-order valence-electron chi connectivity index (χ2n) is 5.92. The minimum absolute atomic E-state index is 0.125. The molecule has 136 valence electrons. The van der Waals surface area contributed by atoms with Crippen LogP contribution in [0.15, 0.2) is 42.5 Å². The first-order valence-electron chi connectivity index (χ1n) is 7.86. The molecule has 1 saturated heterocycles. The van der Waals surface area contributed by atoms with E-state index in [-0.39, 0.29) is 24.2 Å². The summed E-state index contributed by atoms with van der Waals surface area (Å²) >= 11 is 6.09. The molecule has 0 saturated carbocycles. The second-order valence-corrected chi connectivity index (χ2v) is 6.33. The van der Waals surface area contributed by atoms with Crippen LogP contribution < -0.4 is 5.32 Å². The standard InChI is InChI=1S/C18H15ClF2N2O3/c19-13-6-2-1-4-11(13)12-5-3-7-14(16(12)21)22-17(24)15-8-10(20)9-23(15)18(25)26/h1-7,10,15H,8-9H2,(H,22,24)(H,25,26)/t10-,15?/m1/s1. The molecule has 8 heteroatoms. The van der Waals surface area contributed by atoms with Gasteiger partial charge in [-0.3, -0.25) is 9.69 Å². The molecule has 1 unspecified atom stereocenters. The Morgan fingerprint density at radius 3 is 2.54 bits per heavy atom. The van der Waals surface area contributed by atoms with Crippen molar-refractivity contribution in [1.82, 2.24) is 4.90 Å². The highest BCUT2D eigenvalue weighted by atomic mass is 35.5. The highest BCUT2D eigenvalue weighted by Gasteiger charge is 2.40. The van der Waals surface area contributed by atoms with Gasteiger partial charge in [0.2, 0.25) is 5.91 Å². The first kappa shape index (κ1) is 18.1. The van der Waals surface area contributed by atoms with E-state index in [1.165, 1.54) is 12.1 Å². The summed E-state index contributed by atoms with van der Waals surface area (Å²) in [5, 5.41) is 11.8. The number of nitrogens with one attached hydrogen (secondary N) is 1. The number of benzene rings is 2. The van der Waals surface area contributed by atoms with Crippen LogP contribution in [-0.4, -0.2) is 40.8 Å². The number of amides is 2. The molecular formula is C18H15ClF2N2O3. The fourth-order valence-electron chi connectivity index (χ4n) is 2.98. The molecule has 26 heavy (non-hydrogen) atoms. The van der Waals surface area contributed by atoms with E-state index in [1.807, 2.05) is 0 Å². The lowest BCUT2D eigenvalue weighted by Crippen LogP contribution is -2.42. The molecule has 0 aliphatic carbocycles. The summed E-state index contributed by atoms with van der Waals surface area (Å²) in [4.78, 5) is 24.2. The minimum Gasteiger partial charge on any atom is -0.465 e. The molecule has 1 fully saturated rings. The molecule has 1 aliphatic heterocycles. The van der Waals surface area contributed by atoms with Gasteiger partial charge in [-0.15, -0.1) is 0 Å². The zero-order valence-corrected chi connectivity index (χ0v) is 14.2. The van der Waals surface area contributed by atoms with Crippen molar-refractivity contribution in [2.75, 3.05) is 11.9 Å². The molecule has 0 spiro atoms. The largest absolute Gasteiger partial charge is 0.465 e. The van der Waals surface area contributed by atoms with E-state index < -0.39 is 30.0 Å². The van der Waals surface area contributed by atoms with Crippen LogP contribution in [0.3, 0.4) is 0 Å². The van der Waals surface area contributed by atoms with E-state index in [4.69, 9.17) is 16.7 Å². The van der Waals surface area contributed by atoms with Gasteiger partial charge >= 0.3 is 6.09 Å². The number of carbonyl (C=O) groups excluding carboxylic acids is 1. The number of anilines is 1. The predicted molar refractivity (Wildman–Crippen MR) is 93.5 cm³/mol. The van der Waals surface area contributed by atoms with Crippen molar-refractivity contribution in [3.05, 3.63) is 53.3 Å².